The summed E-state index contributed by atoms with van der Waals surface area (Å²) in [6, 6.07) is -0.451. The quantitative estimate of drug-likeness (QED) is 0.794. The number of rotatable bonds is 5. The average Bonchev–Trinajstić information content (AvgIpc) is 2.39. The number of carboxylic acid groups (broad SMARTS) is 1. The monoisotopic (exact) mass is 272 g/mol. The molecule has 1 atom stereocenters. The van der Waals surface area contributed by atoms with Gasteiger partial charge in [-0.3, -0.25) is 0 Å². The number of aliphatic carboxylic acids is 1. The predicted octanol–water partition coefficient (Wildman–Crippen LogP) is 1.45. The number of hydrogen-bond donors (Lipinski definition) is 2. The van der Waals surface area contributed by atoms with Gasteiger partial charge in [-0.15, -0.1) is 0 Å². The molecular weight excluding hydrogens is 248 g/mol. The van der Waals surface area contributed by atoms with E-state index in [1.165, 1.54) is 4.90 Å². The van der Waals surface area contributed by atoms with Gasteiger partial charge in [-0.05, 0) is 19.8 Å². The molecule has 0 aromatic carbocycles. The molecule has 19 heavy (non-hydrogen) atoms. The van der Waals surface area contributed by atoms with Gasteiger partial charge >= 0.3 is 12.0 Å². The summed E-state index contributed by atoms with van der Waals surface area (Å²) in [7, 11) is 3.22. The Hall–Kier alpha value is -1.30. The van der Waals surface area contributed by atoms with E-state index in [2.05, 4.69) is 5.32 Å². The van der Waals surface area contributed by atoms with Crippen molar-refractivity contribution in [1.82, 2.24) is 10.2 Å². The van der Waals surface area contributed by atoms with Crippen LogP contribution in [0.4, 0.5) is 4.79 Å². The second kappa shape index (κ2) is 6.75. The average molecular weight is 272 g/mol. The third-order valence-corrected chi connectivity index (χ3v) is 3.85. The highest BCUT2D eigenvalue weighted by atomic mass is 16.5. The maximum atomic E-state index is 12.1. The fourth-order valence-corrected chi connectivity index (χ4v) is 2.39. The summed E-state index contributed by atoms with van der Waals surface area (Å²) in [5.41, 5.74) is -1.10. The number of nitrogens with one attached hydrogen (secondary N) is 1. The molecule has 0 radical (unpaired) electrons. The van der Waals surface area contributed by atoms with Crippen molar-refractivity contribution >= 4 is 12.0 Å². The van der Waals surface area contributed by atoms with Gasteiger partial charge in [-0.1, -0.05) is 19.3 Å². The zero-order chi connectivity index (χ0) is 14.5. The predicted molar refractivity (Wildman–Crippen MR) is 71.1 cm³/mol. The maximum Gasteiger partial charge on any atom is 0.329 e. The normalized spacial score (nSPS) is 19.5. The molecule has 0 aromatic heterocycles. The largest absolute Gasteiger partial charge is 0.480 e. The number of amides is 2. The molecule has 1 saturated carbocycles. The third kappa shape index (κ3) is 3.83. The lowest BCUT2D eigenvalue weighted by atomic mass is 9.82. The standard InChI is InChI=1S/C13H24N2O4/c1-10(9-19-3)15(2)12(18)14-13(11(16)17)7-5-4-6-8-13/h10H,4-9H2,1-3H3,(H,14,18)(H,16,17). The Labute approximate surface area is 114 Å². The second-order valence-electron chi connectivity index (χ2n) is 5.29. The summed E-state index contributed by atoms with van der Waals surface area (Å²) in [5.74, 6) is -0.937. The first-order valence-corrected chi connectivity index (χ1v) is 6.70. The van der Waals surface area contributed by atoms with Crippen molar-refractivity contribution < 1.29 is 19.4 Å². The van der Waals surface area contributed by atoms with Crippen molar-refractivity contribution in [2.45, 2.75) is 50.6 Å². The number of hydrogen-bond acceptors (Lipinski definition) is 3. The number of ether oxygens (including phenoxy) is 1. The van der Waals surface area contributed by atoms with E-state index in [1.807, 2.05) is 6.92 Å². The highest BCUT2D eigenvalue weighted by Gasteiger charge is 2.41. The lowest BCUT2D eigenvalue weighted by Gasteiger charge is -2.36. The van der Waals surface area contributed by atoms with E-state index in [0.717, 1.165) is 19.3 Å². The van der Waals surface area contributed by atoms with E-state index < -0.39 is 11.5 Å². The molecule has 0 saturated heterocycles. The van der Waals surface area contributed by atoms with Crippen molar-refractivity contribution in [2.24, 2.45) is 0 Å². The number of carbonyl (C=O) groups excluding carboxylic acids is 1. The Kier molecular flexibility index (Phi) is 5.60. The Morgan fingerprint density at radius 3 is 2.42 bits per heavy atom. The van der Waals surface area contributed by atoms with Crippen molar-refractivity contribution in [2.75, 3.05) is 20.8 Å². The summed E-state index contributed by atoms with van der Waals surface area (Å²) in [6.07, 6.45) is 3.70. The highest BCUT2D eigenvalue weighted by Crippen LogP contribution is 2.28. The van der Waals surface area contributed by atoms with Gasteiger partial charge in [-0.2, -0.15) is 0 Å². The van der Waals surface area contributed by atoms with Crippen LogP contribution in [0.1, 0.15) is 39.0 Å². The molecule has 1 rings (SSSR count). The van der Waals surface area contributed by atoms with Gasteiger partial charge in [0.1, 0.15) is 5.54 Å². The van der Waals surface area contributed by atoms with Crippen molar-refractivity contribution in [1.29, 1.82) is 0 Å². The van der Waals surface area contributed by atoms with Crippen LogP contribution in [0.2, 0.25) is 0 Å². The Balaban J connectivity index is 2.69. The van der Waals surface area contributed by atoms with Gasteiger partial charge in [0.25, 0.3) is 0 Å². The first-order chi connectivity index (χ1) is 8.93. The smallest absolute Gasteiger partial charge is 0.329 e. The summed E-state index contributed by atoms with van der Waals surface area (Å²) < 4.78 is 5.00. The lowest BCUT2D eigenvalue weighted by molar-refractivity contribution is -0.146. The van der Waals surface area contributed by atoms with Crippen LogP contribution in [0.25, 0.3) is 0 Å². The molecule has 2 N–H and O–H groups in total. The molecule has 1 aliphatic carbocycles. The molecule has 0 spiro atoms. The zero-order valence-electron chi connectivity index (χ0n) is 11.9. The van der Waals surface area contributed by atoms with Crippen LogP contribution in [0.5, 0.6) is 0 Å². The van der Waals surface area contributed by atoms with E-state index in [9.17, 15) is 14.7 Å². The van der Waals surface area contributed by atoms with E-state index in [0.29, 0.717) is 19.4 Å². The molecule has 1 unspecified atom stereocenters. The summed E-state index contributed by atoms with van der Waals surface area (Å²) in [6.45, 7) is 2.28. The molecule has 0 bridgehead atoms. The Morgan fingerprint density at radius 2 is 1.95 bits per heavy atom. The molecule has 0 aliphatic heterocycles. The molecule has 1 aliphatic rings. The second-order valence-corrected chi connectivity index (χ2v) is 5.29. The van der Waals surface area contributed by atoms with Crippen LogP contribution in [0, 0.1) is 0 Å². The number of methoxy groups -OCH3 is 1. The maximum absolute atomic E-state index is 12.1. The molecule has 6 nitrogen and oxygen atoms in total. The van der Waals surface area contributed by atoms with E-state index in [-0.39, 0.29) is 12.1 Å². The topological polar surface area (TPSA) is 78.9 Å². The Bertz CT molecular complexity index is 327. The van der Waals surface area contributed by atoms with E-state index in [4.69, 9.17) is 4.74 Å². The van der Waals surface area contributed by atoms with Crippen LogP contribution in [0.15, 0.2) is 0 Å². The first-order valence-electron chi connectivity index (χ1n) is 6.70. The molecule has 1 fully saturated rings. The zero-order valence-corrected chi connectivity index (χ0v) is 11.9. The fraction of sp³-hybridized carbons (Fsp3) is 0.846. The molecule has 0 heterocycles. The number of carboxylic acids is 1. The molecule has 6 heteroatoms. The van der Waals surface area contributed by atoms with Crippen LogP contribution in [0.3, 0.4) is 0 Å². The van der Waals surface area contributed by atoms with Crippen LogP contribution in [-0.4, -0.2) is 54.4 Å². The Morgan fingerprint density at radius 1 is 1.37 bits per heavy atom. The minimum absolute atomic E-state index is 0.0977. The van der Waals surface area contributed by atoms with Crippen LogP contribution >= 0.6 is 0 Å². The summed E-state index contributed by atoms with van der Waals surface area (Å²) in [5, 5.41) is 12.1. The summed E-state index contributed by atoms with van der Waals surface area (Å²) in [4.78, 5) is 25.1. The van der Waals surface area contributed by atoms with Crippen molar-refractivity contribution in [3.05, 3.63) is 0 Å². The van der Waals surface area contributed by atoms with Gasteiger partial charge < -0.3 is 20.1 Å². The minimum Gasteiger partial charge on any atom is -0.480 e. The number of urea groups is 1. The number of likely N-dealkylation sites (N-methyl/N-ethyl adjacent to an activating group) is 1. The van der Waals surface area contributed by atoms with Gasteiger partial charge in [0.15, 0.2) is 0 Å². The van der Waals surface area contributed by atoms with Crippen LogP contribution < -0.4 is 5.32 Å². The van der Waals surface area contributed by atoms with Gasteiger partial charge in [0.2, 0.25) is 0 Å². The number of nitrogens with zero attached hydrogens (tertiary/aromatic N) is 1. The number of carbonyl (C=O) groups is 2. The molecular formula is C13H24N2O4. The van der Waals surface area contributed by atoms with Gasteiger partial charge in [-0.25, -0.2) is 9.59 Å². The highest BCUT2D eigenvalue weighted by molar-refractivity contribution is 5.86. The molecule has 2 amide bonds. The fourth-order valence-electron chi connectivity index (χ4n) is 2.39. The van der Waals surface area contributed by atoms with Crippen LogP contribution in [-0.2, 0) is 9.53 Å². The minimum atomic E-state index is -1.10. The van der Waals surface area contributed by atoms with Gasteiger partial charge in [0.05, 0.1) is 12.6 Å². The molecule has 0 aromatic rings. The van der Waals surface area contributed by atoms with E-state index in [1.54, 1.807) is 14.2 Å². The van der Waals surface area contributed by atoms with Crippen molar-refractivity contribution in [3.63, 3.8) is 0 Å². The summed E-state index contributed by atoms with van der Waals surface area (Å²) >= 11 is 0. The lowest BCUT2D eigenvalue weighted by Crippen LogP contribution is -2.59. The molecule has 110 valence electrons. The van der Waals surface area contributed by atoms with E-state index >= 15 is 0 Å². The SMILES string of the molecule is COCC(C)N(C)C(=O)NC1(C(=O)O)CCCCC1. The van der Waals surface area contributed by atoms with Crippen molar-refractivity contribution in [3.8, 4) is 0 Å². The first kappa shape index (κ1) is 15.8. The third-order valence-electron chi connectivity index (χ3n) is 3.85. The van der Waals surface area contributed by atoms with Gasteiger partial charge in [0, 0.05) is 14.2 Å².